The molecular formula is C26H35N3O7S. The lowest BCUT2D eigenvalue weighted by Gasteiger charge is -2.61. The number of benzene rings is 1. The van der Waals surface area contributed by atoms with Crippen molar-refractivity contribution in [1.29, 1.82) is 0 Å². The van der Waals surface area contributed by atoms with E-state index >= 15 is 0 Å². The van der Waals surface area contributed by atoms with E-state index in [1.54, 1.807) is 24.3 Å². The lowest BCUT2D eigenvalue weighted by Crippen LogP contribution is -2.86. The predicted octanol–water partition coefficient (Wildman–Crippen LogP) is 2.31. The lowest BCUT2D eigenvalue weighted by molar-refractivity contribution is -0.176. The number of nitrogens with one attached hydrogen (secondary N) is 1. The number of esters is 1. The molecule has 11 heteroatoms. The third kappa shape index (κ3) is 6.27. The quantitative estimate of drug-likeness (QED) is 0.236. The number of hydrogen-bond donors (Lipinski definition) is 2. The van der Waals surface area contributed by atoms with Crippen LogP contribution in [0.4, 0.5) is 0 Å². The van der Waals surface area contributed by atoms with Crippen molar-refractivity contribution < 1.29 is 33.8 Å². The maximum atomic E-state index is 13.9. The van der Waals surface area contributed by atoms with Gasteiger partial charge in [0.05, 0.1) is 0 Å². The summed E-state index contributed by atoms with van der Waals surface area (Å²) in [5.41, 5.74) is -1.30. The molecule has 0 bridgehead atoms. The van der Waals surface area contributed by atoms with Crippen LogP contribution in [0.2, 0.25) is 0 Å². The average Bonchev–Trinajstić information content (AvgIpc) is 2.83. The van der Waals surface area contributed by atoms with Gasteiger partial charge in [0.2, 0.25) is 5.66 Å². The molecule has 0 saturated carbocycles. The van der Waals surface area contributed by atoms with Gasteiger partial charge in [-0.05, 0) is 24.0 Å². The zero-order valence-electron chi connectivity index (χ0n) is 21.9. The van der Waals surface area contributed by atoms with E-state index in [1.807, 2.05) is 38.7 Å². The zero-order valence-corrected chi connectivity index (χ0v) is 22.7. The molecule has 3 rings (SSSR count). The van der Waals surface area contributed by atoms with Crippen molar-refractivity contribution in [3.63, 3.8) is 0 Å². The summed E-state index contributed by atoms with van der Waals surface area (Å²) in [6.07, 6.45) is 0. The molecule has 37 heavy (non-hydrogen) atoms. The number of rotatable bonds is 12. The van der Waals surface area contributed by atoms with Crippen LogP contribution < -0.4 is 10.1 Å². The number of carboxylic acids is 1. The molecule has 2 aliphatic rings. The fourth-order valence-electron chi connectivity index (χ4n) is 4.55. The summed E-state index contributed by atoms with van der Waals surface area (Å²) in [6.45, 7) is 9.85. The van der Waals surface area contributed by atoms with Crippen LogP contribution in [0.15, 0.2) is 41.6 Å². The molecule has 1 saturated heterocycles. The van der Waals surface area contributed by atoms with Crippen LogP contribution in [0.25, 0.3) is 0 Å². The fourth-order valence-corrected chi connectivity index (χ4v) is 6.03. The first-order chi connectivity index (χ1) is 17.5. The van der Waals surface area contributed by atoms with Crippen LogP contribution in [0.5, 0.6) is 5.75 Å². The number of ether oxygens (including phenoxy) is 2. The minimum atomic E-state index is -1.44. The van der Waals surface area contributed by atoms with Crippen molar-refractivity contribution >= 4 is 35.5 Å². The molecule has 1 aromatic rings. The summed E-state index contributed by atoms with van der Waals surface area (Å²) in [5, 5.41) is 12.2. The Kier molecular flexibility index (Phi) is 9.25. The van der Waals surface area contributed by atoms with Gasteiger partial charge in [-0.1, -0.05) is 45.9 Å². The monoisotopic (exact) mass is 533 g/mol. The van der Waals surface area contributed by atoms with E-state index in [0.29, 0.717) is 24.4 Å². The van der Waals surface area contributed by atoms with Gasteiger partial charge >= 0.3 is 11.9 Å². The van der Waals surface area contributed by atoms with Crippen LogP contribution in [-0.4, -0.2) is 81.8 Å². The average molecular weight is 534 g/mol. The molecule has 0 aliphatic carbocycles. The Balaban J connectivity index is 1.96. The Morgan fingerprint density at radius 2 is 1.78 bits per heavy atom. The third-order valence-corrected chi connectivity index (χ3v) is 7.28. The Bertz CT molecular complexity index is 1050. The van der Waals surface area contributed by atoms with E-state index in [0.717, 1.165) is 0 Å². The van der Waals surface area contributed by atoms with E-state index in [-0.39, 0.29) is 36.5 Å². The highest BCUT2D eigenvalue weighted by atomic mass is 32.2. The largest absolute Gasteiger partial charge is 0.484 e. The van der Waals surface area contributed by atoms with Gasteiger partial charge in [0.25, 0.3) is 11.8 Å². The molecule has 2 atom stereocenters. The maximum absolute atomic E-state index is 13.9. The highest BCUT2D eigenvalue weighted by Gasteiger charge is 2.68. The summed E-state index contributed by atoms with van der Waals surface area (Å²) < 4.78 is 10.7. The normalized spacial score (nSPS) is 21.1. The minimum absolute atomic E-state index is 0.178. The number of amides is 2. The molecule has 2 heterocycles. The number of carboxylic acid groups (broad SMARTS) is 1. The Labute approximate surface area is 221 Å². The molecule has 202 valence electrons. The van der Waals surface area contributed by atoms with Crippen LogP contribution in [0.1, 0.15) is 34.6 Å². The summed E-state index contributed by atoms with van der Waals surface area (Å²) in [6, 6.07) is 8.88. The van der Waals surface area contributed by atoms with E-state index in [1.165, 1.54) is 23.6 Å². The molecule has 2 N–H and O–H groups in total. The number of para-hydroxylation sites is 1. The SMILES string of the molecule is CC(=O)OCC1=C(C(=O)O)N2C(=O)[C@@](NC(=O)COc3ccccc3)(N(CC(C)C)CC(C)C)[C@H]2SC1. The van der Waals surface area contributed by atoms with Crippen molar-refractivity contribution in [2.24, 2.45) is 11.8 Å². The molecule has 10 nitrogen and oxygen atoms in total. The molecule has 2 aliphatic heterocycles. The molecule has 1 aromatic carbocycles. The molecule has 0 spiro atoms. The highest BCUT2D eigenvalue weighted by molar-refractivity contribution is 8.00. The lowest BCUT2D eigenvalue weighted by atomic mass is 9.90. The first-order valence-electron chi connectivity index (χ1n) is 12.2. The first kappa shape index (κ1) is 28.5. The second-order valence-electron chi connectivity index (χ2n) is 9.99. The van der Waals surface area contributed by atoms with E-state index < -0.39 is 34.8 Å². The summed E-state index contributed by atoms with van der Waals surface area (Å²) in [5.74, 6) is -1.73. The molecule has 0 aromatic heterocycles. The van der Waals surface area contributed by atoms with E-state index in [9.17, 15) is 24.3 Å². The number of thioether (sulfide) groups is 1. The van der Waals surface area contributed by atoms with E-state index in [2.05, 4.69) is 5.32 Å². The Morgan fingerprint density at radius 3 is 2.32 bits per heavy atom. The second-order valence-corrected chi connectivity index (χ2v) is 11.1. The van der Waals surface area contributed by atoms with Crippen molar-refractivity contribution in [1.82, 2.24) is 15.1 Å². The van der Waals surface area contributed by atoms with Crippen LogP contribution in [0, 0.1) is 11.8 Å². The molecule has 0 unspecified atom stereocenters. The number of β-lactam (4-membered cyclic amide) rings is 1. The topological polar surface area (TPSA) is 125 Å². The number of hydrogen-bond acceptors (Lipinski definition) is 8. The zero-order chi connectivity index (χ0) is 27.3. The molecular weight excluding hydrogens is 498 g/mol. The smallest absolute Gasteiger partial charge is 0.352 e. The minimum Gasteiger partial charge on any atom is -0.484 e. The number of carbonyl (C=O) groups excluding carboxylic acids is 3. The summed E-state index contributed by atoms with van der Waals surface area (Å²) >= 11 is 1.34. The number of nitrogens with zero attached hydrogens (tertiary/aromatic N) is 2. The Hall–Kier alpha value is -3.05. The van der Waals surface area contributed by atoms with Crippen molar-refractivity contribution in [3.8, 4) is 5.75 Å². The van der Waals surface area contributed by atoms with Gasteiger partial charge in [0.15, 0.2) is 6.61 Å². The van der Waals surface area contributed by atoms with Gasteiger partial charge in [-0.15, -0.1) is 11.8 Å². The van der Waals surface area contributed by atoms with Crippen LogP contribution in [-0.2, 0) is 23.9 Å². The number of aliphatic carboxylic acids is 1. The van der Waals surface area contributed by atoms with Gasteiger partial charge in [0.1, 0.15) is 23.4 Å². The highest BCUT2D eigenvalue weighted by Crippen LogP contribution is 2.48. The third-order valence-electron chi connectivity index (χ3n) is 5.89. The van der Waals surface area contributed by atoms with Gasteiger partial charge < -0.3 is 19.9 Å². The van der Waals surface area contributed by atoms with Gasteiger partial charge in [-0.25, -0.2) is 4.79 Å². The second kappa shape index (κ2) is 12.0. The van der Waals surface area contributed by atoms with Gasteiger partial charge in [0, 0.05) is 31.3 Å². The van der Waals surface area contributed by atoms with Crippen LogP contribution in [0.3, 0.4) is 0 Å². The van der Waals surface area contributed by atoms with Crippen molar-refractivity contribution in [3.05, 3.63) is 41.6 Å². The number of fused-ring (bicyclic) bond motifs is 1. The van der Waals surface area contributed by atoms with E-state index in [4.69, 9.17) is 9.47 Å². The first-order valence-corrected chi connectivity index (χ1v) is 13.3. The molecule has 1 fully saturated rings. The summed E-state index contributed by atoms with van der Waals surface area (Å²) in [4.78, 5) is 53.8. The standard InChI is InChI=1S/C26H35N3O7S/c1-16(2)11-28(12-17(3)4)26(27-21(31)14-36-20-9-7-6-8-10-20)24(34)29-22(23(32)33)19(13-35-18(5)30)15-37-25(26)29/h6-10,16-17,25H,11-15H2,1-5H3,(H,27,31)(H,32,33)/t25-,26-/m1/s1. The van der Waals surface area contributed by atoms with Gasteiger partial charge in [-0.3, -0.25) is 24.2 Å². The predicted molar refractivity (Wildman–Crippen MR) is 138 cm³/mol. The Morgan fingerprint density at radius 1 is 1.16 bits per heavy atom. The van der Waals surface area contributed by atoms with Crippen molar-refractivity contribution in [2.45, 2.75) is 45.7 Å². The summed E-state index contributed by atoms with van der Waals surface area (Å²) in [7, 11) is 0. The maximum Gasteiger partial charge on any atom is 0.352 e. The van der Waals surface area contributed by atoms with Crippen LogP contribution >= 0.6 is 11.8 Å². The van der Waals surface area contributed by atoms with Crippen molar-refractivity contribution in [2.75, 3.05) is 32.1 Å². The molecule has 0 radical (unpaired) electrons. The molecule has 2 amide bonds. The fraction of sp³-hybridized carbons (Fsp3) is 0.538. The van der Waals surface area contributed by atoms with Gasteiger partial charge in [-0.2, -0.15) is 0 Å². The number of carbonyl (C=O) groups is 4.